The van der Waals surface area contributed by atoms with Crippen LogP contribution < -0.4 is 11.1 Å². The van der Waals surface area contributed by atoms with Gasteiger partial charge in [0.25, 0.3) is 0 Å². The second-order valence-corrected chi connectivity index (χ2v) is 5.98. The summed E-state index contributed by atoms with van der Waals surface area (Å²) in [4.78, 5) is 13.8. The summed E-state index contributed by atoms with van der Waals surface area (Å²) < 4.78 is 13.4. The Hall–Kier alpha value is -1.53. The van der Waals surface area contributed by atoms with E-state index in [4.69, 9.17) is 18.0 Å². The molecule has 0 aliphatic heterocycles. The molecule has 0 saturated heterocycles. The van der Waals surface area contributed by atoms with Crippen molar-refractivity contribution >= 4 is 23.1 Å². The predicted molar refractivity (Wildman–Crippen MR) is 86.5 cm³/mol. The van der Waals surface area contributed by atoms with Gasteiger partial charge in [0.1, 0.15) is 10.8 Å². The number of nitrogens with one attached hydrogen (secondary N) is 1. The molecule has 0 aromatic heterocycles. The Kier molecular flexibility index (Phi) is 6.71. The minimum atomic E-state index is -0.345. The van der Waals surface area contributed by atoms with Crippen LogP contribution in [-0.2, 0) is 11.3 Å². The van der Waals surface area contributed by atoms with Crippen LogP contribution >= 0.6 is 12.2 Å². The van der Waals surface area contributed by atoms with Crippen molar-refractivity contribution < 1.29 is 9.18 Å². The number of nitrogens with two attached hydrogens (primary N) is 1. The Bertz CT molecular complexity index is 520. The Balaban J connectivity index is 2.66. The summed E-state index contributed by atoms with van der Waals surface area (Å²) >= 11 is 4.96. The van der Waals surface area contributed by atoms with E-state index in [1.54, 1.807) is 18.0 Å². The number of carbonyl (C=O) groups is 1. The number of halogens is 1. The van der Waals surface area contributed by atoms with Crippen molar-refractivity contribution in [3.05, 3.63) is 35.1 Å². The van der Waals surface area contributed by atoms with Crippen LogP contribution in [0, 0.1) is 11.7 Å². The third-order valence-electron chi connectivity index (χ3n) is 2.89. The van der Waals surface area contributed by atoms with Crippen LogP contribution in [0.4, 0.5) is 4.39 Å². The molecule has 0 heterocycles. The number of benzene rings is 1. The smallest absolute Gasteiger partial charge is 0.234 e. The first-order valence-electron chi connectivity index (χ1n) is 6.83. The van der Waals surface area contributed by atoms with E-state index in [9.17, 15) is 9.18 Å². The second-order valence-electron chi connectivity index (χ2n) is 5.54. The lowest BCUT2D eigenvalue weighted by atomic mass is 10.1. The lowest BCUT2D eigenvalue weighted by molar-refractivity contribution is -0.122. The molecule has 0 aliphatic rings. The molecule has 0 spiro atoms. The van der Waals surface area contributed by atoms with Gasteiger partial charge in [0, 0.05) is 18.7 Å². The highest BCUT2D eigenvalue weighted by molar-refractivity contribution is 7.80. The van der Waals surface area contributed by atoms with Crippen LogP contribution in [0.2, 0.25) is 0 Å². The molecule has 1 amide bonds. The number of thiocarbonyl (C=S) groups is 1. The maximum absolute atomic E-state index is 13.4. The fourth-order valence-electron chi connectivity index (χ4n) is 1.90. The average Bonchev–Trinajstić information content (AvgIpc) is 2.35. The third kappa shape index (κ3) is 6.18. The van der Waals surface area contributed by atoms with Crippen LogP contribution in [0.3, 0.4) is 0 Å². The van der Waals surface area contributed by atoms with Gasteiger partial charge in [-0.2, -0.15) is 0 Å². The normalized spacial score (nSPS) is 11.0. The standard InChI is InChI=1S/C15H22FN3OS/c1-10(2)7-18-14(20)9-19(3)8-11-6-12(16)4-5-13(11)15(17)21/h4-6,10H,7-9H2,1-3H3,(H2,17,21)(H,18,20). The van der Waals surface area contributed by atoms with Crippen molar-refractivity contribution in [1.29, 1.82) is 0 Å². The summed E-state index contributed by atoms with van der Waals surface area (Å²) in [7, 11) is 1.79. The van der Waals surface area contributed by atoms with E-state index >= 15 is 0 Å². The van der Waals surface area contributed by atoms with Crippen molar-refractivity contribution in [2.75, 3.05) is 20.1 Å². The zero-order chi connectivity index (χ0) is 16.0. The van der Waals surface area contributed by atoms with Crippen LogP contribution in [0.15, 0.2) is 18.2 Å². The van der Waals surface area contributed by atoms with Gasteiger partial charge in [-0.25, -0.2) is 4.39 Å². The number of hydrogen-bond acceptors (Lipinski definition) is 3. The Morgan fingerprint density at radius 1 is 1.48 bits per heavy atom. The van der Waals surface area contributed by atoms with Gasteiger partial charge in [-0.3, -0.25) is 9.69 Å². The van der Waals surface area contributed by atoms with Crippen molar-refractivity contribution in [2.24, 2.45) is 11.7 Å². The van der Waals surface area contributed by atoms with Gasteiger partial charge < -0.3 is 11.1 Å². The van der Waals surface area contributed by atoms with Crippen molar-refractivity contribution in [3.63, 3.8) is 0 Å². The highest BCUT2D eigenvalue weighted by Crippen LogP contribution is 2.13. The summed E-state index contributed by atoms with van der Waals surface area (Å²) in [6.45, 7) is 5.35. The molecule has 0 unspecified atom stereocenters. The summed E-state index contributed by atoms with van der Waals surface area (Å²) in [6.07, 6.45) is 0. The molecule has 1 aromatic rings. The van der Waals surface area contributed by atoms with E-state index in [-0.39, 0.29) is 23.3 Å². The topological polar surface area (TPSA) is 58.4 Å². The van der Waals surface area contributed by atoms with Gasteiger partial charge in [-0.15, -0.1) is 0 Å². The highest BCUT2D eigenvalue weighted by Gasteiger charge is 2.12. The number of amides is 1. The molecule has 1 rings (SSSR count). The quantitative estimate of drug-likeness (QED) is 0.752. The van der Waals surface area contributed by atoms with E-state index in [2.05, 4.69) is 5.32 Å². The molecular formula is C15H22FN3OS. The second kappa shape index (κ2) is 8.05. The van der Waals surface area contributed by atoms with E-state index in [0.717, 1.165) is 0 Å². The van der Waals surface area contributed by atoms with Gasteiger partial charge in [0.05, 0.1) is 6.54 Å². The largest absolute Gasteiger partial charge is 0.389 e. The van der Waals surface area contributed by atoms with Gasteiger partial charge in [-0.1, -0.05) is 26.1 Å². The third-order valence-corrected chi connectivity index (χ3v) is 3.11. The molecule has 4 nitrogen and oxygen atoms in total. The van der Waals surface area contributed by atoms with E-state index < -0.39 is 0 Å². The lowest BCUT2D eigenvalue weighted by Crippen LogP contribution is -2.36. The maximum Gasteiger partial charge on any atom is 0.234 e. The zero-order valence-electron chi connectivity index (χ0n) is 12.6. The molecule has 0 radical (unpaired) electrons. The van der Waals surface area contributed by atoms with Crippen molar-refractivity contribution in [1.82, 2.24) is 10.2 Å². The number of likely N-dealkylation sites (N-methyl/N-ethyl adjacent to an activating group) is 1. The molecule has 0 bridgehead atoms. The van der Waals surface area contributed by atoms with Crippen LogP contribution in [0.1, 0.15) is 25.0 Å². The SMILES string of the molecule is CC(C)CNC(=O)CN(C)Cc1cc(F)ccc1C(N)=S. The fraction of sp³-hybridized carbons (Fsp3) is 0.467. The molecule has 6 heteroatoms. The van der Waals surface area contributed by atoms with Gasteiger partial charge in [0.2, 0.25) is 5.91 Å². The molecule has 3 N–H and O–H groups in total. The predicted octanol–water partition coefficient (Wildman–Crippen LogP) is 1.66. The van der Waals surface area contributed by atoms with Crippen molar-refractivity contribution in [2.45, 2.75) is 20.4 Å². The molecule has 1 aromatic carbocycles. The van der Waals surface area contributed by atoms with Gasteiger partial charge in [0.15, 0.2) is 0 Å². The Labute approximate surface area is 130 Å². The first-order valence-corrected chi connectivity index (χ1v) is 7.24. The minimum absolute atomic E-state index is 0.0560. The van der Waals surface area contributed by atoms with Crippen molar-refractivity contribution in [3.8, 4) is 0 Å². The zero-order valence-corrected chi connectivity index (χ0v) is 13.5. The summed E-state index contributed by atoms with van der Waals surface area (Å²) in [5.74, 6) is 0.00540. The first-order chi connectivity index (χ1) is 9.79. The maximum atomic E-state index is 13.4. The molecule has 0 atom stereocenters. The molecule has 116 valence electrons. The summed E-state index contributed by atoms with van der Waals surface area (Å²) in [5, 5.41) is 2.84. The van der Waals surface area contributed by atoms with Crippen LogP contribution in [0.5, 0.6) is 0 Å². The van der Waals surface area contributed by atoms with E-state index in [1.165, 1.54) is 12.1 Å². The van der Waals surface area contributed by atoms with E-state index in [1.807, 2.05) is 13.8 Å². The molecule has 0 saturated carbocycles. The van der Waals surface area contributed by atoms with Gasteiger partial charge >= 0.3 is 0 Å². The Morgan fingerprint density at radius 2 is 2.14 bits per heavy atom. The summed E-state index contributed by atoms with van der Waals surface area (Å²) in [6, 6.07) is 4.30. The molecule has 0 aliphatic carbocycles. The fourth-order valence-corrected chi connectivity index (χ4v) is 2.10. The number of nitrogens with zero attached hydrogens (tertiary/aromatic N) is 1. The summed E-state index contributed by atoms with van der Waals surface area (Å²) in [5.41, 5.74) is 6.96. The molecule has 0 fully saturated rings. The monoisotopic (exact) mass is 311 g/mol. The lowest BCUT2D eigenvalue weighted by Gasteiger charge is -2.18. The number of carbonyl (C=O) groups excluding carboxylic acids is 1. The van der Waals surface area contributed by atoms with Gasteiger partial charge in [-0.05, 0) is 36.7 Å². The number of hydrogen-bond donors (Lipinski definition) is 2. The molecule has 21 heavy (non-hydrogen) atoms. The Morgan fingerprint density at radius 3 is 2.71 bits per heavy atom. The minimum Gasteiger partial charge on any atom is -0.389 e. The van der Waals surface area contributed by atoms with Crippen LogP contribution in [-0.4, -0.2) is 35.9 Å². The highest BCUT2D eigenvalue weighted by atomic mass is 32.1. The number of rotatable bonds is 7. The molecular weight excluding hydrogens is 289 g/mol. The van der Waals surface area contributed by atoms with E-state index in [0.29, 0.717) is 30.1 Å². The average molecular weight is 311 g/mol. The first kappa shape index (κ1) is 17.5. The van der Waals surface area contributed by atoms with Crippen LogP contribution in [0.25, 0.3) is 0 Å².